The maximum absolute atomic E-state index is 12.2. The van der Waals surface area contributed by atoms with E-state index in [1.165, 1.54) is 16.2 Å². The molecule has 0 radical (unpaired) electrons. The number of carbonyl (C=O) groups is 2. The maximum atomic E-state index is 12.2. The predicted octanol–water partition coefficient (Wildman–Crippen LogP) is 1.99. The number of rotatable bonds is 5. The molecular weight excluding hydrogens is 278 g/mol. The number of aryl methyl sites for hydroxylation is 1. The van der Waals surface area contributed by atoms with Gasteiger partial charge in [-0.25, -0.2) is 9.78 Å². The second kappa shape index (κ2) is 6.69. The summed E-state index contributed by atoms with van der Waals surface area (Å²) in [5.74, 6) is -0.972. The van der Waals surface area contributed by atoms with Crippen LogP contribution in [-0.2, 0) is 11.3 Å². The Morgan fingerprint density at radius 1 is 1.50 bits per heavy atom. The van der Waals surface area contributed by atoms with Crippen LogP contribution in [0.2, 0.25) is 0 Å². The van der Waals surface area contributed by atoms with Crippen molar-refractivity contribution in [1.29, 1.82) is 0 Å². The van der Waals surface area contributed by atoms with E-state index >= 15 is 0 Å². The zero-order valence-electron chi connectivity index (χ0n) is 11.5. The summed E-state index contributed by atoms with van der Waals surface area (Å²) in [6, 6.07) is -0.250. The Kier molecular flexibility index (Phi) is 4.94. The van der Waals surface area contributed by atoms with Gasteiger partial charge in [0.2, 0.25) is 0 Å². The van der Waals surface area contributed by atoms with Crippen LogP contribution in [0.4, 0.5) is 4.79 Å². The predicted molar refractivity (Wildman–Crippen MR) is 75.7 cm³/mol. The molecule has 6 nitrogen and oxygen atoms in total. The molecular formula is C13H19N3O3S. The van der Waals surface area contributed by atoms with Gasteiger partial charge in [0, 0.05) is 17.1 Å². The monoisotopic (exact) mass is 297 g/mol. The van der Waals surface area contributed by atoms with Gasteiger partial charge in [-0.15, -0.1) is 11.3 Å². The second-order valence-electron chi connectivity index (χ2n) is 4.96. The third-order valence-electron chi connectivity index (χ3n) is 3.41. The van der Waals surface area contributed by atoms with E-state index in [1.54, 1.807) is 6.20 Å². The number of hydrogen-bond donors (Lipinski definition) is 2. The van der Waals surface area contributed by atoms with Crippen molar-refractivity contribution >= 4 is 23.3 Å². The Morgan fingerprint density at radius 3 is 2.75 bits per heavy atom. The van der Waals surface area contributed by atoms with Crippen molar-refractivity contribution in [2.24, 2.45) is 0 Å². The highest BCUT2D eigenvalue weighted by Gasteiger charge is 2.28. The average molecular weight is 297 g/mol. The Balaban J connectivity index is 1.93. The van der Waals surface area contributed by atoms with Gasteiger partial charge in [-0.3, -0.25) is 4.79 Å². The van der Waals surface area contributed by atoms with Crippen LogP contribution < -0.4 is 5.32 Å². The van der Waals surface area contributed by atoms with Crippen LogP contribution in [0.15, 0.2) is 6.20 Å². The topological polar surface area (TPSA) is 82.5 Å². The molecule has 0 bridgehead atoms. The zero-order chi connectivity index (χ0) is 14.5. The molecule has 0 aliphatic heterocycles. The quantitative estimate of drug-likeness (QED) is 0.870. The Hall–Kier alpha value is -1.63. The highest BCUT2D eigenvalue weighted by Crippen LogP contribution is 2.23. The van der Waals surface area contributed by atoms with Crippen molar-refractivity contribution in [1.82, 2.24) is 15.2 Å². The van der Waals surface area contributed by atoms with Crippen molar-refractivity contribution in [3.63, 3.8) is 0 Å². The zero-order valence-corrected chi connectivity index (χ0v) is 12.3. The van der Waals surface area contributed by atoms with Gasteiger partial charge in [-0.05, 0) is 19.8 Å². The minimum Gasteiger partial charge on any atom is -0.480 e. The molecule has 0 spiro atoms. The normalized spacial score (nSPS) is 15.2. The van der Waals surface area contributed by atoms with Crippen molar-refractivity contribution in [3.05, 3.63) is 16.1 Å². The molecule has 2 rings (SSSR count). The molecule has 1 aliphatic carbocycles. The highest BCUT2D eigenvalue weighted by molar-refractivity contribution is 7.11. The Morgan fingerprint density at radius 2 is 2.20 bits per heavy atom. The number of amides is 2. The largest absolute Gasteiger partial charge is 0.480 e. The molecule has 1 fully saturated rings. The lowest BCUT2D eigenvalue weighted by molar-refractivity contribution is -0.138. The summed E-state index contributed by atoms with van der Waals surface area (Å²) in [7, 11) is 0. The van der Waals surface area contributed by atoms with Crippen LogP contribution in [0.5, 0.6) is 0 Å². The van der Waals surface area contributed by atoms with E-state index in [0.717, 1.165) is 35.6 Å². The molecule has 0 atom stereocenters. The standard InChI is InChI=1S/C13H19N3O3S/c1-9-14-6-11(20-9)7-15-13(19)16(8-12(17)18)10-4-2-3-5-10/h6,10H,2-5,7-8H2,1H3,(H,15,19)(H,17,18). The Labute approximate surface area is 121 Å². The van der Waals surface area contributed by atoms with E-state index in [0.29, 0.717) is 6.54 Å². The number of thiazole rings is 1. The van der Waals surface area contributed by atoms with E-state index in [4.69, 9.17) is 5.11 Å². The van der Waals surface area contributed by atoms with Crippen LogP contribution >= 0.6 is 11.3 Å². The first-order chi connectivity index (χ1) is 9.56. The number of carbonyl (C=O) groups excluding carboxylic acids is 1. The fourth-order valence-corrected chi connectivity index (χ4v) is 3.21. The number of carboxylic acids is 1. The molecule has 1 aliphatic rings. The summed E-state index contributed by atoms with van der Waals surface area (Å²) >= 11 is 1.53. The van der Waals surface area contributed by atoms with Crippen LogP contribution in [-0.4, -0.2) is 39.6 Å². The van der Waals surface area contributed by atoms with E-state index < -0.39 is 5.97 Å². The molecule has 0 aromatic carbocycles. The maximum Gasteiger partial charge on any atom is 0.323 e. The number of urea groups is 1. The summed E-state index contributed by atoms with van der Waals surface area (Å²) in [5.41, 5.74) is 0. The fraction of sp³-hybridized carbons (Fsp3) is 0.615. The molecule has 7 heteroatoms. The number of hydrogen-bond acceptors (Lipinski definition) is 4. The number of nitrogens with one attached hydrogen (secondary N) is 1. The van der Waals surface area contributed by atoms with Crippen LogP contribution in [0.3, 0.4) is 0 Å². The minimum absolute atomic E-state index is 0.0503. The summed E-state index contributed by atoms with van der Waals surface area (Å²) in [4.78, 5) is 29.6. The van der Waals surface area contributed by atoms with Gasteiger partial charge in [0.25, 0.3) is 0 Å². The van der Waals surface area contributed by atoms with Crippen molar-refractivity contribution in [2.75, 3.05) is 6.54 Å². The smallest absolute Gasteiger partial charge is 0.323 e. The second-order valence-corrected chi connectivity index (χ2v) is 6.28. The fourth-order valence-electron chi connectivity index (χ4n) is 2.48. The SMILES string of the molecule is Cc1ncc(CNC(=O)N(CC(=O)O)C2CCCC2)s1. The third kappa shape index (κ3) is 3.93. The van der Waals surface area contributed by atoms with Gasteiger partial charge in [0.05, 0.1) is 11.6 Å². The summed E-state index contributed by atoms with van der Waals surface area (Å²) in [6.07, 6.45) is 5.63. The first kappa shape index (κ1) is 14.8. The van der Waals surface area contributed by atoms with E-state index in [1.807, 2.05) is 6.92 Å². The van der Waals surface area contributed by atoms with Crippen molar-refractivity contribution in [3.8, 4) is 0 Å². The van der Waals surface area contributed by atoms with Gasteiger partial charge in [-0.1, -0.05) is 12.8 Å². The molecule has 1 aromatic heterocycles. The van der Waals surface area contributed by atoms with E-state index in [9.17, 15) is 9.59 Å². The molecule has 1 heterocycles. The van der Waals surface area contributed by atoms with E-state index in [2.05, 4.69) is 10.3 Å². The first-order valence-electron chi connectivity index (χ1n) is 6.74. The lowest BCUT2D eigenvalue weighted by atomic mass is 10.2. The summed E-state index contributed by atoms with van der Waals surface area (Å²) in [5, 5.41) is 12.7. The summed E-state index contributed by atoms with van der Waals surface area (Å²) in [6.45, 7) is 2.07. The molecule has 110 valence electrons. The molecule has 20 heavy (non-hydrogen) atoms. The van der Waals surface area contributed by atoms with Crippen molar-refractivity contribution in [2.45, 2.75) is 45.2 Å². The Bertz CT molecular complexity index is 483. The van der Waals surface area contributed by atoms with Gasteiger partial charge in [-0.2, -0.15) is 0 Å². The number of nitrogens with zero attached hydrogens (tertiary/aromatic N) is 2. The molecule has 1 saturated carbocycles. The molecule has 2 N–H and O–H groups in total. The molecule has 1 aromatic rings. The minimum atomic E-state index is -0.972. The van der Waals surface area contributed by atoms with Gasteiger partial charge in [0.1, 0.15) is 6.54 Å². The average Bonchev–Trinajstić information content (AvgIpc) is 3.04. The first-order valence-corrected chi connectivity index (χ1v) is 7.55. The summed E-state index contributed by atoms with van der Waals surface area (Å²) < 4.78 is 0. The lowest BCUT2D eigenvalue weighted by Crippen LogP contribution is -2.47. The van der Waals surface area contributed by atoms with Gasteiger partial charge in [0.15, 0.2) is 0 Å². The third-order valence-corrected chi connectivity index (χ3v) is 4.33. The van der Waals surface area contributed by atoms with Crippen molar-refractivity contribution < 1.29 is 14.7 Å². The lowest BCUT2D eigenvalue weighted by Gasteiger charge is -2.27. The molecule has 2 amide bonds. The highest BCUT2D eigenvalue weighted by atomic mass is 32.1. The molecule has 0 saturated heterocycles. The number of aromatic nitrogens is 1. The van der Waals surface area contributed by atoms with Gasteiger partial charge >= 0.3 is 12.0 Å². The van der Waals surface area contributed by atoms with Gasteiger partial charge < -0.3 is 15.3 Å². The number of aliphatic carboxylic acids is 1. The number of carboxylic acid groups (broad SMARTS) is 1. The van der Waals surface area contributed by atoms with Crippen LogP contribution in [0, 0.1) is 6.92 Å². The van der Waals surface area contributed by atoms with Crippen LogP contribution in [0.25, 0.3) is 0 Å². The van der Waals surface area contributed by atoms with Crippen LogP contribution in [0.1, 0.15) is 35.6 Å². The molecule has 0 unspecified atom stereocenters. The van der Waals surface area contributed by atoms with E-state index in [-0.39, 0.29) is 18.6 Å².